The van der Waals surface area contributed by atoms with E-state index in [2.05, 4.69) is 5.32 Å². The van der Waals surface area contributed by atoms with Gasteiger partial charge in [-0.1, -0.05) is 11.6 Å². The summed E-state index contributed by atoms with van der Waals surface area (Å²) in [7, 11) is 1.64. The third-order valence-electron chi connectivity index (χ3n) is 3.51. The largest absolute Gasteiger partial charge is 0.495 e. The van der Waals surface area contributed by atoms with E-state index in [-0.39, 0.29) is 6.79 Å². The molecule has 2 heterocycles. The van der Waals surface area contributed by atoms with Crippen LogP contribution in [0.1, 0.15) is 24.3 Å². The molecule has 4 nitrogen and oxygen atoms in total. The minimum absolute atomic E-state index is 0.256. The van der Waals surface area contributed by atoms with Gasteiger partial charge in [0.05, 0.1) is 12.1 Å². The van der Waals surface area contributed by atoms with Crippen LogP contribution in [0.5, 0.6) is 17.2 Å². The van der Waals surface area contributed by atoms with Gasteiger partial charge in [0, 0.05) is 24.1 Å². The molecular formula is C13H16ClNO3. The maximum absolute atomic E-state index is 6.25. The van der Waals surface area contributed by atoms with E-state index in [9.17, 15) is 0 Å². The van der Waals surface area contributed by atoms with Gasteiger partial charge in [0.1, 0.15) is 5.75 Å². The van der Waals surface area contributed by atoms with Crippen LogP contribution in [-0.4, -0.2) is 27.0 Å². The fourth-order valence-electron chi connectivity index (χ4n) is 2.70. The van der Waals surface area contributed by atoms with Gasteiger partial charge in [-0.3, -0.25) is 0 Å². The number of fused-ring (bicyclic) bond motifs is 1. The molecule has 18 heavy (non-hydrogen) atoms. The lowest BCUT2D eigenvalue weighted by atomic mass is 9.90. The predicted molar refractivity (Wildman–Crippen MR) is 69.0 cm³/mol. The molecular weight excluding hydrogens is 254 g/mol. The van der Waals surface area contributed by atoms with Crippen LogP contribution in [0.25, 0.3) is 0 Å². The molecule has 2 aliphatic heterocycles. The van der Waals surface area contributed by atoms with Gasteiger partial charge >= 0.3 is 0 Å². The molecule has 0 aliphatic carbocycles. The van der Waals surface area contributed by atoms with Crippen molar-refractivity contribution in [3.63, 3.8) is 0 Å². The van der Waals surface area contributed by atoms with Crippen LogP contribution in [0.4, 0.5) is 0 Å². The summed E-state index contributed by atoms with van der Waals surface area (Å²) in [5.41, 5.74) is 1.05. The summed E-state index contributed by atoms with van der Waals surface area (Å²) in [6, 6.07) is 1.77. The summed E-state index contributed by atoms with van der Waals surface area (Å²) in [5, 5.41) is 3.99. The maximum atomic E-state index is 6.25. The van der Waals surface area contributed by atoms with E-state index in [0.717, 1.165) is 48.7 Å². The highest BCUT2D eigenvalue weighted by Crippen LogP contribution is 2.49. The van der Waals surface area contributed by atoms with E-state index in [1.54, 1.807) is 13.2 Å². The quantitative estimate of drug-likeness (QED) is 0.896. The molecule has 1 aromatic carbocycles. The molecule has 1 unspecified atom stereocenters. The molecule has 2 aliphatic rings. The molecule has 1 fully saturated rings. The summed E-state index contributed by atoms with van der Waals surface area (Å²) in [5.74, 6) is 2.60. The Hall–Kier alpha value is -1.13. The number of hydrogen-bond acceptors (Lipinski definition) is 4. The topological polar surface area (TPSA) is 39.7 Å². The molecule has 1 aromatic rings. The molecule has 1 N–H and O–H groups in total. The number of halogens is 1. The Balaban J connectivity index is 2.09. The van der Waals surface area contributed by atoms with Crippen molar-refractivity contribution in [3.8, 4) is 17.2 Å². The van der Waals surface area contributed by atoms with Gasteiger partial charge in [0.25, 0.3) is 0 Å². The Morgan fingerprint density at radius 2 is 2.33 bits per heavy atom. The van der Waals surface area contributed by atoms with Crippen molar-refractivity contribution in [3.05, 3.63) is 16.7 Å². The van der Waals surface area contributed by atoms with Gasteiger partial charge in [-0.2, -0.15) is 0 Å². The van der Waals surface area contributed by atoms with E-state index in [0.29, 0.717) is 10.9 Å². The lowest BCUT2D eigenvalue weighted by Crippen LogP contribution is -2.28. The minimum Gasteiger partial charge on any atom is -0.495 e. The van der Waals surface area contributed by atoms with Crippen molar-refractivity contribution in [2.45, 2.75) is 18.8 Å². The second-order valence-corrected chi connectivity index (χ2v) is 4.99. The standard InChI is InChI=1S/C13H16ClNO3/c1-16-12-9(14)5-10-13(18-7-17-10)11(12)8-3-2-4-15-6-8/h5,8,15H,2-4,6-7H2,1H3. The number of benzene rings is 1. The average molecular weight is 270 g/mol. The number of hydrogen-bond donors (Lipinski definition) is 1. The van der Waals surface area contributed by atoms with Crippen molar-refractivity contribution < 1.29 is 14.2 Å². The first-order valence-electron chi connectivity index (χ1n) is 6.18. The summed E-state index contributed by atoms with van der Waals surface area (Å²) in [6.07, 6.45) is 2.26. The van der Waals surface area contributed by atoms with Gasteiger partial charge in [-0.25, -0.2) is 0 Å². The highest BCUT2D eigenvalue weighted by molar-refractivity contribution is 6.32. The van der Waals surface area contributed by atoms with Crippen LogP contribution >= 0.6 is 11.6 Å². The van der Waals surface area contributed by atoms with Crippen LogP contribution in [-0.2, 0) is 0 Å². The van der Waals surface area contributed by atoms with Crippen LogP contribution < -0.4 is 19.5 Å². The van der Waals surface area contributed by atoms with Gasteiger partial charge in [-0.15, -0.1) is 0 Å². The fourth-order valence-corrected chi connectivity index (χ4v) is 2.97. The van der Waals surface area contributed by atoms with E-state index in [1.807, 2.05) is 0 Å². The van der Waals surface area contributed by atoms with Gasteiger partial charge < -0.3 is 19.5 Å². The Kier molecular flexibility index (Phi) is 3.22. The van der Waals surface area contributed by atoms with Crippen molar-refractivity contribution in [2.24, 2.45) is 0 Å². The molecule has 5 heteroatoms. The molecule has 98 valence electrons. The zero-order valence-electron chi connectivity index (χ0n) is 10.3. The highest BCUT2D eigenvalue weighted by atomic mass is 35.5. The van der Waals surface area contributed by atoms with E-state index in [4.69, 9.17) is 25.8 Å². The van der Waals surface area contributed by atoms with Crippen LogP contribution in [0.15, 0.2) is 6.07 Å². The van der Waals surface area contributed by atoms with Crippen molar-refractivity contribution in [1.29, 1.82) is 0 Å². The third-order valence-corrected chi connectivity index (χ3v) is 3.80. The Bertz CT molecular complexity index is 454. The lowest BCUT2D eigenvalue weighted by Gasteiger charge is -2.26. The van der Waals surface area contributed by atoms with Crippen LogP contribution in [0, 0.1) is 0 Å². The first kappa shape index (κ1) is 11.9. The molecule has 3 rings (SSSR count). The number of methoxy groups -OCH3 is 1. The summed E-state index contributed by atoms with van der Waals surface area (Å²) in [4.78, 5) is 0. The summed E-state index contributed by atoms with van der Waals surface area (Å²) >= 11 is 6.25. The zero-order valence-corrected chi connectivity index (χ0v) is 11.0. The number of nitrogens with one attached hydrogen (secondary N) is 1. The Morgan fingerprint density at radius 3 is 3.06 bits per heavy atom. The molecule has 0 spiro atoms. The first-order chi connectivity index (χ1) is 8.81. The molecule has 0 saturated carbocycles. The monoisotopic (exact) mass is 269 g/mol. The second kappa shape index (κ2) is 4.86. The SMILES string of the molecule is COc1c(Cl)cc2c(c1C1CCCNC1)OCO2. The smallest absolute Gasteiger partial charge is 0.231 e. The third kappa shape index (κ3) is 1.89. The van der Waals surface area contributed by atoms with E-state index < -0.39 is 0 Å². The van der Waals surface area contributed by atoms with Gasteiger partial charge in [0.2, 0.25) is 6.79 Å². The van der Waals surface area contributed by atoms with Crippen LogP contribution in [0.2, 0.25) is 5.02 Å². The van der Waals surface area contributed by atoms with Gasteiger partial charge in [-0.05, 0) is 19.4 Å². The number of rotatable bonds is 2. The normalized spacial score (nSPS) is 22.0. The summed E-state index contributed by atoms with van der Waals surface area (Å²) in [6.45, 7) is 2.25. The lowest BCUT2D eigenvalue weighted by molar-refractivity contribution is 0.172. The highest BCUT2D eigenvalue weighted by Gasteiger charge is 2.30. The van der Waals surface area contributed by atoms with E-state index in [1.165, 1.54) is 0 Å². The van der Waals surface area contributed by atoms with Crippen LogP contribution in [0.3, 0.4) is 0 Å². The first-order valence-corrected chi connectivity index (χ1v) is 6.55. The minimum atomic E-state index is 0.256. The fraction of sp³-hybridized carbons (Fsp3) is 0.538. The Morgan fingerprint density at radius 1 is 1.44 bits per heavy atom. The van der Waals surface area contributed by atoms with Crippen molar-refractivity contribution in [1.82, 2.24) is 5.32 Å². The summed E-state index contributed by atoms with van der Waals surface area (Å²) < 4.78 is 16.5. The molecule has 0 radical (unpaired) electrons. The molecule has 0 bridgehead atoms. The Labute approximate surface area is 111 Å². The van der Waals surface area contributed by atoms with E-state index >= 15 is 0 Å². The van der Waals surface area contributed by atoms with Gasteiger partial charge in [0.15, 0.2) is 11.5 Å². The maximum Gasteiger partial charge on any atom is 0.231 e. The zero-order chi connectivity index (χ0) is 12.5. The van der Waals surface area contributed by atoms with Crippen molar-refractivity contribution in [2.75, 3.05) is 27.0 Å². The second-order valence-electron chi connectivity index (χ2n) is 4.58. The molecule has 1 atom stereocenters. The van der Waals surface area contributed by atoms with Crippen molar-refractivity contribution >= 4 is 11.6 Å². The number of ether oxygens (including phenoxy) is 3. The molecule has 0 amide bonds. The number of piperidine rings is 1. The average Bonchev–Trinajstić information content (AvgIpc) is 2.85. The molecule has 1 saturated heterocycles. The predicted octanol–water partition coefficient (Wildman–Crippen LogP) is 2.54. The molecule has 0 aromatic heterocycles.